The first kappa shape index (κ1) is 11.9. The SMILES string of the molecule is CN1CCC(CN(C)c2cccc(C#N)n2)C1. The molecule has 0 aromatic carbocycles. The van der Waals surface area contributed by atoms with Gasteiger partial charge >= 0.3 is 0 Å². The topological polar surface area (TPSA) is 43.2 Å². The van der Waals surface area contributed by atoms with E-state index in [-0.39, 0.29) is 0 Å². The second kappa shape index (κ2) is 5.15. The Hall–Kier alpha value is -1.60. The molecule has 90 valence electrons. The zero-order valence-electron chi connectivity index (χ0n) is 10.4. The van der Waals surface area contributed by atoms with E-state index < -0.39 is 0 Å². The molecule has 0 amide bonds. The number of aromatic nitrogens is 1. The monoisotopic (exact) mass is 230 g/mol. The average Bonchev–Trinajstić information content (AvgIpc) is 2.75. The Balaban J connectivity index is 1.99. The molecule has 0 aliphatic carbocycles. The molecule has 1 saturated heterocycles. The molecule has 4 nitrogen and oxygen atoms in total. The minimum atomic E-state index is 0.484. The van der Waals surface area contributed by atoms with Crippen LogP contribution in [-0.2, 0) is 0 Å². The molecule has 0 N–H and O–H groups in total. The van der Waals surface area contributed by atoms with Crippen LogP contribution in [0.1, 0.15) is 12.1 Å². The van der Waals surface area contributed by atoms with Crippen molar-refractivity contribution in [3.63, 3.8) is 0 Å². The Morgan fingerprint density at radius 3 is 3.06 bits per heavy atom. The summed E-state index contributed by atoms with van der Waals surface area (Å²) in [4.78, 5) is 8.81. The number of anilines is 1. The molecule has 0 saturated carbocycles. The summed E-state index contributed by atoms with van der Waals surface area (Å²) in [5, 5.41) is 8.83. The van der Waals surface area contributed by atoms with E-state index in [0.717, 1.165) is 18.9 Å². The summed E-state index contributed by atoms with van der Waals surface area (Å²) < 4.78 is 0. The van der Waals surface area contributed by atoms with Crippen LogP contribution in [0, 0.1) is 17.2 Å². The maximum Gasteiger partial charge on any atom is 0.142 e. The Morgan fingerprint density at radius 1 is 1.59 bits per heavy atom. The van der Waals surface area contributed by atoms with Crippen LogP contribution in [0.5, 0.6) is 0 Å². The number of rotatable bonds is 3. The highest BCUT2D eigenvalue weighted by Crippen LogP contribution is 2.18. The summed E-state index contributed by atoms with van der Waals surface area (Å²) in [5.41, 5.74) is 0.484. The normalized spacial score (nSPS) is 20.2. The van der Waals surface area contributed by atoms with Crippen molar-refractivity contribution >= 4 is 5.82 Å². The van der Waals surface area contributed by atoms with Crippen LogP contribution in [0.4, 0.5) is 5.82 Å². The van der Waals surface area contributed by atoms with E-state index in [1.807, 2.05) is 19.2 Å². The third-order valence-electron chi connectivity index (χ3n) is 3.26. The summed E-state index contributed by atoms with van der Waals surface area (Å²) in [6.07, 6.45) is 1.25. The molecule has 0 bridgehead atoms. The molecule has 1 aromatic rings. The summed E-state index contributed by atoms with van der Waals surface area (Å²) in [7, 11) is 4.20. The Kier molecular flexibility index (Phi) is 3.60. The van der Waals surface area contributed by atoms with Gasteiger partial charge in [0.2, 0.25) is 0 Å². The summed E-state index contributed by atoms with van der Waals surface area (Å²) in [5.74, 6) is 1.59. The fourth-order valence-corrected chi connectivity index (χ4v) is 2.35. The first-order valence-corrected chi connectivity index (χ1v) is 5.96. The van der Waals surface area contributed by atoms with Gasteiger partial charge in [0.1, 0.15) is 17.6 Å². The second-order valence-corrected chi connectivity index (χ2v) is 4.79. The fourth-order valence-electron chi connectivity index (χ4n) is 2.35. The van der Waals surface area contributed by atoms with Gasteiger partial charge in [-0.1, -0.05) is 6.07 Å². The van der Waals surface area contributed by atoms with Crippen LogP contribution in [-0.4, -0.2) is 43.6 Å². The van der Waals surface area contributed by atoms with Crippen LogP contribution >= 0.6 is 0 Å². The molecule has 1 atom stereocenters. The molecule has 17 heavy (non-hydrogen) atoms. The Morgan fingerprint density at radius 2 is 2.41 bits per heavy atom. The van der Waals surface area contributed by atoms with E-state index in [2.05, 4.69) is 27.9 Å². The van der Waals surface area contributed by atoms with Crippen molar-refractivity contribution in [2.75, 3.05) is 38.6 Å². The highest BCUT2D eigenvalue weighted by atomic mass is 15.2. The van der Waals surface area contributed by atoms with Gasteiger partial charge in [0, 0.05) is 20.1 Å². The molecule has 0 spiro atoms. The molecule has 0 radical (unpaired) electrons. The number of nitrogens with zero attached hydrogens (tertiary/aromatic N) is 4. The minimum Gasteiger partial charge on any atom is -0.359 e. The molecule has 1 unspecified atom stereocenters. The molecule has 2 heterocycles. The van der Waals surface area contributed by atoms with Crippen molar-refractivity contribution in [2.24, 2.45) is 5.92 Å². The largest absolute Gasteiger partial charge is 0.359 e. The molecule has 1 fully saturated rings. The van der Waals surface area contributed by atoms with Gasteiger partial charge in [-0.3, -0.25) is 0 Å². The van der Waals surface area contributed by atoms with Gasteiger partial charge in [0.15, 0.2) is 0 Å². The van der Waals surface area contributed by atoms with Gasteiger partial charge in [-0.25, -0.2) is 4.98 Å². The number of likely N-dealkylation sites (tertiary alicyclic amines) is 1. The summed E-state index contributed by atoms with van der Waals surface area (Å²) in [6.45, 7) is 3.35. The zero-order chi connectivity index (χ0) is 12.3. The van der Waals surface area contributed by atoms with Gasteiger partial charge in [-0.05, 0) is 38.1 Å². The maximum atomic E-state index is 8.83. The lowest BCUT2D eigenvalue weighted by Crippen LogP contribution is -2.27. The van der Waals surface area contributed by atoms with Crippen LogP contribution in [0.2, 0.25) is 0 Å². The molecule has 4 heteroatoms. The highest BCUT2D eigenvalue weighted by molar-refractivity contribution is 5.40. The predicted octanol–water partition coefficient (Wildman–Crippen LogP) is 1.34. The van der Waals surface area contributed by atoms with Crippen molar-refractivity contribution in [1.29, 1.82) is 5.26 Å². The molecule has 2 rings (SSSR count). The van der Waals surface area contributed by atoms with Crippen LogP contribution in [0.25, 0.3) is 0 Å². The Labute approximate surface area is 102 Å². The first-order valence-electron chi connectivity index (χ1n) is 5.96. The summed E-state index contributed by atoms with van der Waals surface area (Å²) in [6, 6.07) is 7.66. The number of pyridine rings is 1. The van der Waals surface area contributed by atoms with Crippen molar-refractivity contribution in [2.45, 2.75) is 6.42 Å². The fraction of sp³-hybridized carbons (Fsp3) is 0.538. The smallest absolute Gasteiger partial charge is 0.142 e. The number of hydrogen-bond acceptors (Lipinski definition) is 4. The molecular formula is C13H18N4. The van der Waals surface area contributed by atoms with Gasteiger partial charge in [-0.2, -0.15) is 5.26 Å². The van der Waals surface area contributed by atoms with Gasteiger partial charge in [0.25, 0.3) is 0 Å². The zero-order valence-corrected chi connectivity index (χ0v) is 10.4. The summed E-state index contributed by atoms with van der Waals surface area (Å²) >= 11 is 0. The van der Waals surface area contributed by atoms with E-state index >= 15 is 0 Å². The van der Waals surface area contributed by atoms with Crippen LogP contribution in [0.3, 0.4) is 0 Å². The Bertz CT molecular complexity index is 424. The van der Waals surface area contributed by atoms with Crippen molar-refractivity contribution in [3.05, 3.63) is 23.9 Å². The molecule has 1 aliphatic heterocycles. The van der Waals surface area contributed by atoms with Crippen molar-refractivity contribution < 1.29 is 0 Å². The van der Waals surface area contributed by atoms with Crippen LogP contribution in [0.15, 0.2) is 18.2 Å². The molecule has 1 aliphatic rings. The minimum absolute atomic E-state index is 0.484. The highest BCUT2D eigenvalue weighted by Gasteiger charge is 2.21. The third-order valence-corrected chi connectivity index (χ3v) is 3.26. The van der Waals surface area contributed by atoms with Crippen LogP contribution < -0.4 is 4.90 Å². The predicted molar refractivity (Wildman–Crippen MR) is 67.8 cm³/mol. The van der Waals surface area contributed by atoms with E-state index in [1.54, 1.807) is 6.07 Å². The molecular weight excluding hydrogens is 212 g/mol. The molecule has 1 aromatic heterocycles. The van der Waals surface area contributed by atoms with Crippen molar-refractivity contribution in [1.82, 2.24) is 9.88 Å². The third kappa shape index (κ3) is 2.95. The van der Waals surface area contributed by atoms with E-state index in [9.17, 15) is 0 Å². The quantitative estimate of drug-likeness (QED) is 0.786. The number of hydrogen-bond donors (Lipinski definition) is 0. The second-order valence-electron chi connectivity index (χ2n) is 4.79. The lowest BCUT2D eigenvalue weighted by Gasteiger charge is -2.22. The van der Waals surface area contributed by atoms with Gasteiger partial charge < -0.3 is 9.80 Å². The lowest BCUT2D eigenvalue weighted by molar-refractivity contribution is 0.395. The van der Waals surface area contributed by atoms with Gasteiger partial charge in [0.05, 0.1) is 0 Å². The lowest BCUT2D eigenvalue weighted by atomic mass is 10.1. The van der Waals surface area contributed by atoms with Crippen molar-refractivity contribution in [3.8, 4) is 6.07 Å². The van der Waals surface area contributed by atoms with E-state index in [0.29, 0.717) is 11.6 Å². The average molecular weight is 230 g/mol. The number of nitriles is 1. The standard InChI is InChI=1S/C13H18N4/c1-16-7-6-11(9-16)10-17(2)13-5-3-4-12(8-14)15-13/h3-5,11H,6-7,9-10H2,1-2H3. The van der Waals surface area contributed by atoms with Gasteiger partial charge in [-0.15, -0.1) is 0 Å². The maximum absolute atomic E-state index is 8.83. The van der Waals surface area contributed by atoms with E-state index in [1.165, 1.54) is 13.0 Å². The first-order chi connectivity index (χ1) is 8.19. The van der Waals surface area contributed by atoms with E-state index in [4.69, 9.17) is 5.26 Å².